The fraction of sp³-hybridized carbons (Fsp3) is 0.385. The minimum atomic E-state index is -4.34. The van der Waals surface area contributed by atoms with Crippen LogP contribution >= 0.6 is 0 Å². The van der Waals surface area contributed by atoms with Crippen LogP contribution in [-0.4, -0.2) is 29.9 Å². The van der Waals surface area contributed by atoms with Gasteiger partial charge >= 0.3 is 12.2 Å². The molecule has 0 aliphatic carbocycles. The standard InChI is InChI=1S/C13H13F3N2O2/c1-18-7-9-6-8(2-3-10(9)17-12(18)20)11(19)4-5-13(14,15)16/h2-3,6H,4-5,7H2,1H3,(H,17,20). The van der Waals surface area contributed by atoms with E-state index in [9.17, 15) is 22.8 Å². The summed E-state index contributed by atoms with van der Waals surface area (Å²) >= 11 is 0. The van der Waals surface area contributed by atoms with Gasteiger partial charge in [0.25, 0.3) is 0 Å². The molecule has 0 saturated heterocycles. The van der Waals surface area contributed by atoms with Crippen molar-refractivity contribution in [3.8, 4) is 0 Å². The van der Waals surface area contributed by atoms with Crippen molar-refractivity contribution in [2.24, 2.45) is 0 Å². The molecular formula is C13H13F3N2O2. The molecular weight excluding hydrogens is 273 g/mol. The summed E-state index contributed by atoms with van der Waals surface area (Å²) in [6.45, 7) is 0.321. The predicted molar refractivity (Wildman–Crippen MR) is 66.5 cm³/mol. The van der Waals surface area contributed by atoms with Crippen LogP contribution in [0.1, 0.15) is 28.8 Å². The minimum Gasteiger partial charge on any atom is -0.323 e. The van der Waals surface area contributed by atoms with Gasteiger partial charge in [-0.1, -0.05) is 0 Å². The second-order valence-corrected chi connectivity index (χ2v) is 4.70. The van der Waals surface area contributed by atoms with Crippen LogP contribution in [0.25, 0.3) is 0 Å². The largest absolute Gasteiger partial charge is 0.389 e. The van der Waals surface area contributed by atoms with Gasteiger partial charge in [0.15, 0.2) is 5.78 Å². The van der Waals surface area contributed by atoms with Gasteiger partial charge in [-0.2, -0.15) is 13.2 Å². The topological polar surface area (TPSA) is 49.4 Å². The monoisotopic (exact) mass is 286 g/mol. The van der Waals surface area contributed by atoms with Gasteiger partial charge in [0.1, 0.15) is 0 Å². The lowest BCUT2D eigenvalue weighted by Gasteiger charge is -2.26. The van der Waals surface area contributed by atoms with Gasteiger partial charge in [-0.05, 0) is 23.8 Å². The first-order valence-electron chi connectivity index (χ1n) is 6.01. The van der Waals surface area contributed by atoms with Crippen molar-refractivity contribution in [1.82, 2.24) is 4.90 Å². The van der Waals surface area contributed by atoms with Crippen LogP contribution in [0.5, 0.6) is 0 Å². The molecule has 0 bridgehead atoms. The normalized spacial score (nSPS) is 14.8. The number of hydrogen-bond donors (Lipinski definition) is 1. The van der Waals surface area contributed by atoms with E-state index in [2.05, 4.69) is 5.32 Å². The Balaban J connectivity index is 2.13. The molecule has 1 aliphatic heterocycles. The summed E-state index contributed by atoms with van der Waals surface area (Å²) in [6.07, 6.45) is -6.03. The zero-order valence-electron chi connectivity index (χ0n) is 10.8. The Labute approximate surface area is 113 Å². The number of carbonyl (C=O) groups excluding carboxylic acids is 2. The highest BCUT2D eigenvalue weighted by atomic mass is 19.4. The number of ketones is 1. The number of nitrogens with zero attached hydrogens (tertiary/aromatic N) is 1. The number of carbonyl (C=O) groups is 2. The molecule has 7 heteroatoms. The summed E-state index contributed by atoms with van der Waals surface area (Å²) in [5, 5.41) is 2.63. The quantitative estimate of drug-likeness (QED) is 0.867. The molecule has 1 aromatic rings. The Hall–Kier alpha value is -2.05. The molecule has 108 valence electrons. The van der Waals surface area contributed by atoms with Gasteiger partial charge in [0, 0.05) is 31.3 Å². The van der Waals surface area contributed by atoms with Crippen LogP contribution in [0.3, 0.4) is 0 Å². The van der Waals surface area contributed by atoms with E-state index in [4.69, 9.17) is 0 Å². The summed E-state index contributed by atoms with van der Waals surface area (Å²) in [5.41, 5.74) is 1.53. The molecule has 2 amide bonds. The lowest BCUT2D eigenvalue weighted by atomic mass is 10.0. The molecule has 0 atom stereocenters. The highest BCUT2D eigenvalue weighted by Crippen LogP contribution is 2.26. The van der Waals surface area contributed by atoms with Crippen molar-refractivity contribution in [2.75, 3.05) is 12.4 Å². The number of benzene rings is 1. The van der Waals surface area contributed by atoms with Crippen molar-refractivity contribution in [3.05, 3.63) is 29.3 Å². The van der Waals surface area contributed by atoms with E-state index in [0.29, 0.717) is 17.8 Å². The van der Waals surface area contributed by atoms with E-state index < -0.39 is 24.8 Å². The molecule has 1 N–H and O–H groups in total. The molecule has 20 heavy (non-hydrogen) atoms. The van der Waals surface area contributed by atoms with Gasteiger partial charge in [-0.3, -0.25) is 4.79 Å². The predicted octanol–water partition coefficient (Wildman–Crippen LogP) is 3.19. The molecule has 1 heterocycles. The van der Waals surface area contributed by atoms with E-state index in [0.717, 1.165) is 0 Å². The van der Waals surface area contributed by atoms with Crippen LogP contribution in [0.4, 0.5) is 23.7 Å². The van der Waals surface area contributed by atoms with E-state index in [1.54, 1.807) is 13.1 Å². The summed E-state index contributed by atoms with van der Waals surface area (Å²) in [4.78, 5) is 24.6. The third-order valence-corrected chi connectivity index (χ3v) is 3.06. The fourth-order valence-electron chi connectivity index (χ4n) is 1.96. The number of nitrogens with one attached hydrogen (secondary N) is 1. The molecule has 0 fully saturated rings. The molecule has 0 radical (unpaired) electrons. The van der Waals surface area contributed by atoms with Crippen molar-refractivity contribution in [3.63, 3.8) is 0 Å². The van der Waals surface area contributed by atoms with Gasteiger partial charge in [-0.25, -0.2) is 4.79 Å². The maximum absolute atomic E-state index is 12.1. The van der Waals surface area contributed by atoms with Gasteiger partial charge in [-0.15, -0.1) is 0 Å². The molecule has 0 aromatic heterocycles. The fourth-order valence-corrected chi connectivity index (χ4v) is 1.96. The van der Waals surface area contributed by atoms with Gasteiger partial charge in [0.2, 0.25) is 0 Å². The van der Waals surface area contributed by atoms with E-state index in [1.807, 2.05) is 0 Å². The summed E-state index contributed by atoms with van der Waals surface area (Å²) in [6, 6.07) is 4.25. The Bertz CT molecular complexity index is 555. The zero-order chi connectivity index (χ0) is 14.9. The van der Waals surface area contributed by atoms with Crippen LogP contribution < -0.4 is 5.32 Å². The van der Waals surface area contributed by atoms with Gasteiger partial charge < -0.3 is 10.2 Å². The second-order valence-electron chi connectivity index (χ2n) is 4.70. The van der Waals surface area contributed by atoms with Crippen molar-refractivity contribution < 1.29 is 22.8 Å². The highest BCUT2D eigenvalue weighted by molar-refractivity contribution is 5.98. The van der Waals surface area contributed by atoms with Crippen LogP contribution in [0.15, 0.2) is 18.2 Å². The number of Topliss-reactive ketones (excluding diaryl/α,β-unsaturated/α-hetero) is 1. The summed E-state index contributed by atoms with van der Waals surface area (Å²) in [5.74, 6) is -0.551. The smallest absolute Gasteiger partial charge is 0.323 e. The average Bonchev–Trinajstić information content (AvgIpc) is 2.36. The van der Waals surface area contributed by atoms with Gasteiger partial charge in [0.05, 0.1) is 6.42 Å². The molecule has 4 nitrogen and oxygen atoms in total. The zero-order valence-corrected chi connectivity index (χ0v) is 10.8. The number of urea groups is 1. The lowest BCUT2D eigenvalue weighted by Crippen LogP contribution is -2.35. The Morgan fingerprint density at radius 3 is 2.75 bits per heavy atom. The van der Waals surface area contributed by atoms with Crippen LogP contribution in [0.2, 0.25) is 0 Å². The number of hydrogen-bond acceptors (Lipinski definition) is 2. The maximum Gasteiger partial charge on any atom is 0.389 e. The molecule has 1 aliphatic rings. The van der Waals surface area contributed by atoms with Crippen LogP contribution in [-0.2, 0) is 6.54 Å². The van der Waals surface area contributed by atoms with Crippen molar-refractivity contribution >= 4 is 17.5 Å². The van der Waals surface area contributed by atoms with E-state index in [-0.39, 0.29) is 11.6 Å². The minimum absolute atomic E-state index is 0.234. The molecule has 0 saturated carbocycles. The first-order valence-corrected chi connectivity index (χ1v) is 6.01. The number of rotatable bonds is 3. The number of amides is 2. The summed E-state index contributed by atoms with van der Waals surface area (Å²) < 4.78 is 36.3. The third-order valence-electron chi connectivity index (χ3n) is 3.06. The second kappa shape index (κ2) is 5.15. The SMILES string of the molecule is CN1Cc2cc(C(=O)CCC(F)(F)F)ccc2NC1=O. The number of fused-ring (bicyclic) bond motifs is 1. The molecule has 2 rings (SSSR count). The molecule has 0 unspecified atom stereocenters. The average molecular weight is 286 g/mol. The van der Waals surface area contributed by atoms with Crippen LogP contribution in [0, 0.1) is 0 Å². The highest BCUT2D eigenvalue weighted by Gasteiger charge is 2.28. The first kappa shape index (κ1) is 14.4. The molecule has 0 spiro atoms. The number of halogens is 3. The lowest BCUT2D eigenvalue weighted by molar-refractivity contribution is -0.133. The summed E-state index contributed by atoms with van der Waals surface area (Å²) in [7, 11) is 1.59. The number of alkyl halides is 3. The first-order chi connectivity index (χ1) is 9.26. The van der Waals surface area contributed by atoms with Crippen molar-refractivity contribution in [2.45, 2.75) is 25.6 Å². The maximum atomic E-state index is 12.1. The third kappa shape index (κ3) is 3.28. The Morgan fingerprint density at radius 1 is 1.40 bits per heavy atom. The number of anilines is 1. The Morgan fingerprint density at radius 2 is 2.10 bits per heavy atom. The van der Waals surface area contributed by atoms with E-state index >= 15 is 0 Å². The van der Waals surface area contributed by atoms with Crippen molar-refractivity contribution in [1.29, 1.82) is 0 Å². The van der Waals surface area contributed by atoms with E-state index in [1.165, 1.54) is 17.0 Å². The molecule has 1 aromatic carbocycles. The Kier molecular flexibility index (Phi) is 3.69.